The lowest BCUT2D eigenvalue weighted by atomic mass is 9.86. The number of aromatic nitrogens is 1. The van der Waals surface area contributed by atoms with Gasteiger partial charge in [-0.1, -0.05) is 93.6 Å². The number of carbonyl (C=O) groups is 1. The first-order valence-corrected chi connectivity index (χ1v) is 12.0. The first kappa shape index (κ1) is 23.0. The van der Waals surface area contributed by atoms with Gasteiger partial charge in [0.15, 0.2) is 0 Å². The van der Waals surface area contributed by atoms with Gasteiger partial charge in [-0.15, -0.1) is 0 Å². The number of carboxylic acids is 1. The average Bonchev–Trinajstić information content (AvgIpc) is 2.83. The molecule has 2 heterocycles. The Bertz CT molecular complexity index is 1410. The summed E-state index contributed by atoms with van der Waals surface area (Å²) in [7, 11) is 0. The molecule has 3 aromatic carbocycles. The molecule has 0 aliphatic carbocycles. The molecule has 0 atom stereocenters. The zero-order valence-corrected chi connectivity index (χ0v) is 20.5. The van der Waals surface area contributed by atoms with E-state index in [1.807, 2.05) is 42.5 Å². The van der Waals surface area contributed by atoms with Crippen LogP contribution < -0.4 is 0 Å². The maximum Gasteiger partial charge on any atom is 0.336 e. The van der Waals surface area contributed by atoms with Crippen LogP contribution in [0.25, 0.3) is 22.6 Å². The van der Waals surface area contributed by atoms with E-state index in [0.717, 1.165) is 28.9 Å². The maximum atomic E-state index is 12.5. The van der Waals surface area contributed by atoms with Crippen LogP contribution in [-0.2, 0) is 18.5 Å². The average molecular weight is 463 g/mol. The van der Waals surface area contributed by atoms with Crippen molar-refractivity contribution in [2.75, 3.05) is 6.54 Å². The van der Waals surface area contributed by atoms with Crippen molar-refractivity contribution in [3.8, 4) is 0 Å². The van der Waals surface area contributed by atoms with E-state index >= 15 is 0 Å². The Morgan fingerprint density at radius 2 is 1.63 bits per heavy atom. The quantitative estimate of drug-likeness (QED) is 0.363. The van der Waals surface area contributed by atoms with Crippen molar-refractivity contribution in [3.05, 3.63) is 112 Å². The van der Waals surface area contributed by atoms with Crippen molar-refractivity contribution in [3.63, 3.8) is 0 Å². The fraction of sp³-hybridized carbons (Fsp3) is 0.226. The molecule has 35 heavy (non-hydrogen) atoms. The second-order valence-corrected chi connectivity index (χ2v) is 10.3. The number of para-hydroxylation sites is 1. The summed E-state index contributed by atoms with van der Waals surface area (Å²) in [6, 6.07) is 26.5. The van der Waals surface area contributed by atoms with Crippen LogP contribution in [0.4, 0.5) is 0 Å². The molecule has 1 aromatic heterocycles. The Hall–Kier alpha value is -3.76. The summed E-state index contributed by atoms with van der Waals surface area (Å²) in [5.41, 5.74) is 7.37. The lowest BCUT2D eigenvalue weighted by Crippen LogP contribution is -2.31. The number of nitrogens with zero attached hydrogens (tertiary/aromatic N) is 2. The van der Waals surface area contributed by atoms with Crippen LogP contribution in [0.15, 0.2) is 78.9 Å². The molecule has 4 nitrogen and oxygen atoms in total. The van der Waals surface area contributed by atoms with E-state index in [-0.39, 0.29) is 5.41 Å². The van der Waals surface area contributed by atoms with Crippen LogP contribution in [0.2, 0.25) is 0 Å². The smallest absolute Gasteiger partial charge is 0.336 e. The highest BCUT2D eigenvalue weighted by molar-refractivity contribution is 6.06. The number of aromatic carboxylic acids is 1. The summed E-state index contributed by atoms with van der Waals surface area (Å²) in [5.74, 6) is -0.907. The molecule has 0 saturated carbocycles. The minimum atomic E-state index is -0.907. The molecule has 1 N–H and O–H groups in total. The summed E-state index contributed by atoms with van der Waals surface area (Å²) in [6.45, 7) is 8.62. The number of pyridine rings is 1. The van der Waals surface area contributed by atoms with E-state index in [1.54, 1.807) is 0 Å². The van der Waals surface area contributed by atoms with Gasteiger partial charge in [-0.2, -0.15) is 0 Å². The molecule has 0 fully saturated rings. The van der Waals surface area contributed by atoms with Gasteiger partial charge < -0.3 is 5.11 Å². The zero-order chi connectivity index (χ0) is 24.6. The maximum absolute atomic E-state index is 12.5. The third-order valence-electron chi connectivity index (χ3n) is 6.65. The fourth-order valence-corrected chi connectivity index (χ4v) is 4.86. The highest BCUT2D eigenvalue weighted by atomic mass is 16.4. The first-order valence-electron chi connectivity index (χ1n) is 12.0. The third-order valence-corrected chi connectivity index (χ3v) is 6.65. The highest BCUT2D eigenvalue weighted by Crippen LogP contribution is 2.35. The normalized spacial score (nSPS) is 15.3. The van der Waals surface area contributed by atoms with Gasteiger partial charge in [0.25, 0.3) is 0 Å². The number of benzene rings is 3. The molecular weight excluding hydrogens is 432 g/mol. The van der Waals surface area contributed by atoms with Gasteiger partial charge in [-0.3, -0.25) is 4.90 Å². The van der Waals surface area contributed by atoms with E-state index in [1.165, 1.54) is 11.1 Å². The minimum absolute atomic E-state index is 0.0897. The number of carboxylic acid groups (broad SMARTS) is 1. The molecule has 0 radical (unpaired) electrons. The van der Waals surface area contributed by atoms with Gasteiger partial charge in [0.2, 0.25) is 0 Å². The predicted octanol–water partition coefficient (Wildman–Crippen LogP) is 6.79. The molecule has 176 valence electrons. The molecule has 0 saturated heterocycles. The van der Waals surface area contributed by atoms with Gasteiger partial charge in [0.1, 0.15) is 0 Å². The van der Waals surface area contributed by atoms with Gasteiger partial charge in [-0.05, 0) is 39.8 Å². The van der Waals surface area contributed by atoms with Crippen LogP contribution >= 0.6 is 0 Å². The Kier molecular flexibility index (Phi) is 6.00. The standard InChI is InChI=1S/C31H30N2O2/c1-31(2,3)24-15-13-21(14-16-24)17-23-19-33(18-22-9-5-4-6-10-22)20-26-28(30(34)35)25-11-7-8-12-27(25)32-29(23)26/h4-17H,18-20H2,1-3H3,(H,34,35)/b23-17-. The number of hydrogen-bond donors (Lipinski definition) is 1. The summed E-state index contributed by atoms with van der Waals surface area (Å²) >= 11 is 0. The molecule has 1 aliphatic rings. The third kappa shape index (κ3) is 4.75. The summed E-state index contributed by atoms with van der Waals surface area (Å²) < 4.78 is 0. The largest absolute Gasteiger partial charge is 0.478 e. The van der Waals surface area contributed by atoms with Gasteiger partial charge >= 0.3 is 5.97 Å². The molecule has 5 rings (SSSR count). The molecular formula is C31H30N2O2. The molecule has 0 unspecified atom stereocenters. The molecule has 0 spiro atoms. The van der Waals surface area contributed by atoms with Crippen molar-refractivity contribution >= 4 is 28.5 Å². The lowest BCUT2D eigenvalue weighted by Gasteiger charge is -2.31. The topological polar surface area (TPSA) is 53.4 Å². The van der Waals surface area contributed by atoms with E-state index in [9.17, 15) is 9.90 Å². The van der Waals surface area contributed by atoms with Crippen LogP contribution in [0.5, 0.6) is 0 Å². The Labute approximate surface area is 206 Å². The number of fused-ring (bicyclic) bond motifs is 2. The molecule has 4 aromatic rings. The van der Waals surface area contributed by atoms with E-state index in [0.29, 0.717) is 29.6 Å². The summed E-state index contributed by atoms with van der Waals surface area (Å²) in [6.07, 6.45) is 2.16. The van der Waals surface area contributed by atoms with Crippen LogP contribution in [0, 0.1) is 0 Å². The first-order chi connectivity index (χ1) is 16.8. The van der Waals surface area contributed by atoms with Crippen molar-refractivity contribution in [1.29, 1.82) is 0 Å². The minimum Gasteiger partial charge on any atom is -0.478 e. The second kappa shape index (κ2) is 9.12. The highest BCUT2D eigenvalue weighted by Gasteiger charge is 2.28. The second-order valence-electron chi connectivity index (χ2n) is 10.3. The fourth-order valence-electron chi connectivity index (χ4n) is 4.86. The van der Waals surface area contributed by atoms with Crippen LogP contribution in [0.3, 0.4) is 0 Å². The lowest BCUT2D eigenvalue weighted by molar-refractivity contribution is 0.0696. The van der Waals surface area contributed by atoms with E-state index in [2.05, 4.69) is 68.1 Å². The monoisotopic (exact) mass is 462 g/mol. The Balaban J connectivity index is 1.64. The number of hydrogen-bond acceptors (Lipinski definition) is 3. The Morgan fingerprint density at radius 3 is 2.31 bits per heavy atom. The van der Waals surface area contributed by atoms with Crippen molar-refractivity contribution in [1.82, 2.24) is 9.88 Å². The van der Waals surface area contributed by atoms with Gasteiger partial charge in [-0.25, -0.2) is 9.78 Å². The summed E-state index contributed by atoms with van der Waals surface area (Å²) in [4.78, 5) is 19.8. The van der Waals surface area contributed by atoms with E-state index in [4.69, 9.17) is 4.98 Å². The molecule has 4 heteroatoms. The molecule has 0 amide bonds. The van der Waals surface area contributed by atoms with Crippen molar-refractivity contribution < 1.29 is 9.90 Å². The molecule has 1 aliphatic heterocycles. The van der Waals surface area contributed by atoms with Crippen molar-refractivity contribution in [2.24, 2.45) is 0 Å². The van der Waals surface area contributed by atoms with Crippen LogP contribution in [0.1, 0.15) is 59.1 Å². The zero-order valence-electron chi connectivity index (χ0n) is 20.5. The van der Waals surface area contributed by atoms with E-state index < -0.39 is 5.97 Å². The van der Waals surface area contributed by atoms with Gasteiger partial charge in [0.05, 0.1) is 16.8 Å². The predicted molar refractivity (Wildman–Crippen MR) is 142 cm³/mol. The Morgan fingerprint density at radius 1 is 0.943 bits per heavy atom. The number of rotatable bonds is 4. The van der Waals surface area contributed by atoms with Crippen molar-refractivity contribution in [2.45, 2.75) is 39.3 Å². The van der Waals surface area contributed by atoms with Gasteiger partial charge in [0, 0.05) is 30.6 Å². The molecule has 0 bridgehead atoms. The summed E-state index contributed by atoms with van der Waals surface area (Å²) in [5, 5.41) is 10.9. The SMILES string of the molecule is CC(C)(C)c1ccc(/C=C2/CN(Cc3ccccc3)Cc3c2nc2ccccc2c3C(=O)O)cc1. The van der Waals surface area contributed by atoms with Crippen LogP contribution in [-0.4, -0.2) is 27.5 Å².